The summed E-state index contributed by atoms with van der Waals surface area (Å²) in [6.45, 7) is 0. The highest BCUT2D eigenvalue weighted by Gasteiger charge is 2.23. The molecule has 30 heavy (non-hydrogen) atoms. The van der Waals surface area contributed by atoms with Crippen LogP contribution in [0.3, 0.4) is 0 Å². The third-order valence-corrected chi connectivity index (χ3v) is 6.46. The Hall–Kier alpha value is -3.10. The van der Waals surface area contributed by atoms with Crippen molar-refractivity contribution in [2.45, 2.75) is 4.90 Å². The number of nitrogens with one attached hydrogen (secondary N) is 1. The molecule has 0 fully saturated rings. The van der Waals surface area contributed by atoms with Crippen molar-refractivity contribution < 1.29 is 22.3 Å². The van der Waals surface area contributed by atoms with Gasteiger partial charge in [0.15, 0.2) is 5.82 Å². The Balaban J connectivity index is 1.87. The maximum absolute atomic E-state index is 14.0. The summed E-state index contributed by atoms with van der Waals surface area (Å²) >= 11 is 5.72. The van der Waals surface area contributed by atoms with Crippen LogP contribution in [-0.4, -0.2) is 28.5 Å². The van der Waals surface area contributed by atoms with Crippen LogP contribution in [0, 0.1) is 5.82 Å². The van der Waals surface area contributed by atoms with Gasteiger partial charge in [-0.15, -0.1) is 0 Å². The highest BCUT2D eigenvalue weighted by molar-refractivity contribution is 7.92. The van der Waals surface area contributed by atoms with Crippen molar-refractivity contribution in [3.63, 3.8) is 0 Å². The number of sulfonamides is 1. The number of ether oxygens (including phenoxy) is 1. The molecule has 0 unspecified atom stereocenters. The van der Waals surface area contributed by atoms with Crippen molar-refractivity contribution in [2.24, 2.45) is 0 Å². The summed E-state index contributed by atoms with van der Waals surface area (Å²) in [5, 5.41) is 2.26. The fourth-order valence-electron chi connectivity index (χ4n) is 2.68. The fourth-order valence-corrected chi connectivity index (χ4v) is 4.10. The summed E-state index contributed by atoms with van der Waals surface area (Å²) in [6.07, 6.45) is 0. The van der Waals surface area contributed by atoms with E-state index >= 15 is 0 Å². The van der Waals surface area contributed by atoms with Crippen molar-refractivity contribution in [3.05, 3.63) is 83.1 Å². The number of carbonyl (C=O) groups is 1. The number of methoxy groups -OCH3 is 1. The predicted molar refractivity (Wildman–Crippen MR) is 114 cm³/mol. The summed E-state index contributed by atoms with van der Waals surface area (Å²) in [7, 11) is -1.01. The van der Waals surface area contributed by atoms with E-state index in [9.17, 15) is 17.6 Å². The van der Waals surface area contributed by atoms with E-state index < -0.39 is 21.7 Å². The zero-order chi connectivity index (χ0) is 21.9. The van der Waals surface area contributed by atoms with E-state index in [0.717, 1.165) is 4.31 Å². The molecule has 0 aliphatic rings. The molecule has 3 aromatic rings. The lowest BCUT2D eigenvalue weighted by Crippen LogP contribution is -2.26. The van der Waals surface area contributed by atoms with Gasteiger partial charge in [-0.1, -0.05) is 23.7 Å². The van der Waals surface area contributed by atoms with Crippen molar-refractivity contribution in [1.82, 2.24) is 0 Å². The van der Waals surface area contributed by atoms with Crippen LogP contribution >= 0.6 is 11.6 Å². The fraction of sp³-hybridized carbons (Fsp3) is 0.0952. The lowest BCUT2D eigenvalue weighted by Gasteiger charge is -2.20. The van der Waals surface area contributed by atoms with Crippen LogP contribution < -0.4 is 14.4 Å². The first kappa shape index (κ1) is 21.6. The number of halogens is 2. The van der Waals surface area contributed by atoms with E-state index in [1.54, 1.807) is 24.3 Å². The van der Waals surface area contributed by atoms with Gasteiger partial charge in [0, 0.05) is 12.6 Å². The van der Waals surface area contributed by atoms with Gasteiger partial charge in [-0.05, 0) is 54.6 Å². The molecule has 0 atom stereocenters. The van der Waals surface area contributed by atoms with Crippen molar-refractivity contribution in [2.75, 3.05) is 23.8 Å². The van der Waals surface area contributed by atoms with E-state index in [4.69, 9.17) is 16.3 Å². The van der Waals surface area contributed by atoms with Gasteiger partial charge in [0.1, 0.15) is 5.75 Å². The lowest BCUT2D eigenvalue weighted by molar-refractivity contribution is 0.102. The van der Waals surface area contributed by atoms with Crippen LogP contribution in [0.5, 0.6) is 5.75 Å². The molecule has 156 valence electrons. The molecule has 0 aromatic heterocycles. The second-order valence-corrected chi connectivity index (χ2v) is 8.63. The molecular weight excluding hydrogens is 431 g/mol. The number of hydrogen-bond acceptors (Lipinski definition) is 4. The maximum Gasteiger partial charge on any atom is 0.264 e. The first-order valence-electron chi connectivity index (χ1n) is 8.72. The number of anilines is 2. The number of carbonyl (C=O) groups excluding carboxylic acids is 1. The third kappa shape index (κ3) is 4.39. The lowest BCUT2D eigenvalue weighted by atomic mass is 10.2. The number of hydrogen-bond donors (Lipinski definition) is 1. The molecule has 9 heteroatoms. The van der Waals surface area contributed by atoms with Crippen molar-refractivity contribution >= 4 is 38.9 Å². The van der Waals surface area contributed by atoms with Crippen molar-refractivity contribution in [1.29, 1.82) is 0 Å². The number of benzene rings is 3. The van der Waals surface area contributed by atoms with Gasteiger partial charge in [-0.3, -0.25) is 9.10 Å². The first-order chi connectivity index (χ1) is 14.2. The van der Waals surface area contributed by atoms with Crippen LogP contribution in [-0.2, 0) is 10.0 Å². The molecule has 0 spiro atoms. The van der Waals surface area contributed by atoms with Crippen LogP contribution in [0.4, 0.5) is 15.8 Å². The number of amides is 1. The van der Waals surface area contributed by atoms with Crippen LogP contribution in [0.25, 0.3) is 0 Å². The summed E-state index contributed by atoms with van der Waals surface area (Å²) in [6, 6.07) is 16.2. The standard InChI is InChI=1S/C21H18ClFN2O4S/c1-25(15-9-11-16(29-2)12-10-15)30(27,28)17-6-3-5-14(13-17)21(26)24-19-8-4-7-18(22)20(19)23/h3-13H,1-2H3,(H,24,26). The van der Waals surface area contributed by atoms with E-state index in [-0.39, 0.29) is 21.2 Å². The number of rotatable bonds is 6. The molecule has 0 bridgehead atoms. The zero-order valence-electron chi connectivity index (χ0n) is 16.1. The topological polar surface area (TPSA) is 75.7 Å². The van der Waals surface area contributed by atoms with Gasteiger partial charge in [0.2, 0.25) is 0 Å². The summed E-state index contributed by atoms with van der Waals surface area (Å²) in [4.78, 5) is 12.4. The van der Waals surface area contributed by atoms with Gasteiger partial charge in [0.05, 0.1) is 28.4 Å². The Bertz CT molecular complexity index is 1180. The Morgan fingerprint density at radius 2 is 1.73 bits per heavy atom. The molecule has 0 saturated heterocycles. The van der Waals surface area contributed by atoms with Gasteiger partial charge in [-0.25, -0.2) is 12.8 Å². The average Bonchev–Trinajstić information content (AvgIpc) is 2.76. The molecule has 0 aliphatic carbocycles. The minimum absolute atomic E-state index is 0.0542. The average molecular weight is 449 g/mol. The Kier molecular flexibility index (Phi) is 6.28. The highest BCUT2D eigenvalue weighted by Crippen LogP contribution is 2.26. The molecule has 6 nitrogen and oxygen atoms in total. The molecule has 0 heterocycles. The van der Waals surface area contributed by atoms with Crippen LogP contribution in [0.15, 0.2) is 71.6 Å². The number of nitrogens with zero attached hydrogens (tertiary/aromatic N) is 1. The van der Waals surface area contributed by atoms with Crippen LogP contribution in [0.2, 0.25) is 5.02 Å². The predicted octanol–water partition coefficient (Wildman–Crippen LogP) is 4.57. The summed E-state index contributed by atoms with van der Waals surface area (Å²) in [5.74, 6) is -0.840. The van der Waals surface area contributed by atoms with Gasteiger partial charge >= 0.3 is 0 Å². The Morgan fingerprint density at radius 3 is 2.40 bits per heavy atom. The van der Waals surface area contributed by atoms with E-state index in [2.05, 4.69) is 5.32 Å². The van der Waals surface area contributed by atoms with E-state index in [1.807, 2.05) is 0 Å². The summed E-state index contributed by atoms with van der Waals surface area (Å²) < 4.78 is 46.2. The Morgan fingerprint density at radius 1 is 1.07 bits per heavy atom. The molecule has 1 N–H and O–H groups in total. The van der Waals surface area contributed by atoms with Gasteiger partial charge < -0.3 is 10.1 Å². The normalized spacial score (nSPS) is 11.1. The quantitative estimate of drug-likeness (QED) is 0.599. The van der Waals surface area contributed by atoms with Gasteiger partial charge in [0.25, 0.3) is 15.9 Å². The zero-order valence-corrected chi connectivity index (χ0v) is 17.7. The smallest absolute Gasteiger partial charge is 0.264 e. The third-order valence-electron chi connectivity index (χ3n) is 4.39. The molecule has 3 aromatic carbocycles. The minimum atomic E-state index is -3.94. The second kappa shape index (κ2) is 8.73. The molecule has 0 radical (unpaired) electrons. The molecule has 0 aliphatic heterocycles. The SMILES string of the molecule is COc1ccc(N(C)S(=O)(=O)c2cccc(C(=O)Nc3cccc(Cl)c3F)c2)cc1. The highest BCUT2D eigenvalue weighted by atomic mass is 35.5. The molecular formula is C21H18ClFN2O4S. The summed E-state index contributed by atoms with van der Waals surface area (Å²) in [5.41, 5.74) is 0.376. The first-order valence-corrected chi connectivity index (χ1v) is 10.5. The van der Waals surface area contributed by atoms with Crippen molar-refractivity contribution in [3.8, 4) is 5.75 Å². The second-order valence-electron chi connectivity index (χ2n) is 6.25. The van der Waals surface area contributed by atoms with Gasteiger partial charge in [-0.2, -0.15) is 0 Å². The van der Waals surface area contributed by atoms with Crippen LogP contribution in [0.1, 0.15) is 10.4 Å². The largest absolute Gasteiger partial charge is 0.497 e. The molecule has 3 rings (SSSR count). The maximum atomic E-state index is 14.0. The molecule has 1 amide bonds. The minimum Gasteiger partial charge on any atom is -0.497 e. The molecule has 0 saturated carbocycles. The monoisotopic (exact) mass is 448 g/mol. The Labute approximate surface area is 178 Å². The van der Waals surface area contributed by atoms with E-state index in [1.165, 1.54) is 56.6 Å². The van der Waals surface area contributed by atoms with E-state index in [0.29, 0.717) is 11.4 Å².